The second-order valence-corrected chi connectivity index (χ2v) is 7.21. The maximum absolute atomic E-state index is 12.2. The second kappa shape index (κ2) is 13.5. The Hall–Kier alpha value is -2.62. The van der Waals surface area contributed by atoms with E-state index in [0.29, 0.717) is 24.3 Å². The second-order valence-electron chi connectivity index (χ2n) is 7.21. The first-order chi connectivity index (χ1) is 14.2. The van der Waals surface area contributed by atoms with E-state index in [4.69, 9.17) is 9.47 Å². The molecule has 0 aliphatic heterocycles. The van der Waals surface area contributed by atoms with Gasteiger partial charge in [-0.25, -0.2) is 9.59 Å². The fraction of sp³-hybridized carbons (Fsp3) is 0.440. The van der Waals surface area contributed by atoms with E-state index in [1.165, 1.54) is 31.2 Å². The lowest BCUT2D eigenvalue weighted by Gasteiger charge is -2.08. The summed E-state index contributed by atoms with van der Waals surface area (Å²) in [5.41, 5.74) is 1.98. The van der Waals surface area contributed by atoms with Gasteiger partial charge >= 0.3 is 11.9 Å². The van der Waals surface area contributed by atoms with Gasteiger partial charge in [0.2, 0.25) is 0 Å². The predicted molar refractivity (Wildman–Crippen MR) is 115 cm³/mol. The fourth-order valence-electron chi connectivity index (χ4n) is 3.07. The van der Waals surface area contributed by atoms with Crippen LogP contribution in [0.15, 0.2) is 54.6 Å². The quantitative estimate of drug-likeness (QED) is 0.308. The maximum Gasteiger partial charge on any atom is 0.338 e. The molecule has 0 saturated heterocycles. The van der Waals surface area contributed by atoms with Crippen LogP contribution >= 0.6 is 0 Å². The minimum Gasteiger partial charge on any atom is -0.462 e. The Labute approximate surface area is 174 Å². The van der Waals surface area contributed by atoms with Crippen molar-refractivity contribution >= 4 is 11.9 Å². The van der Waals surface area contributed by atoms with Crippen LogP contribution in [-0.2, 0) is 15.9 Å². The van der Waals surface area contributed by atoms with E-state index in [1.54, 1.807) is 24.3 Å². The van der Waals surface area contributed by atoms with Crippen molar-refractivity contribution in [3.63, 3.8) is 0 Å². The number of carbonyl (C=O) groups is 2. The molecular weight excluding hydrogens is 364 g/mol. The van der Waals surface area contributed by atoms with Gasteiger partial charge in [-0.05, 0) is 43.0 Å². The van der Waals surface area contributed by atoms with Crippen molar-refractivity contribution in [2.75, 3.05) is 13.2 Å². The van der Waals surface area contributed by atoms with Gasteiger partial charge in [0.1, 0.15) is 0 Å². The van der Waals surface area contributed by atoms with E-state index in [1.807, 2.05) is 18.2 Å². The van der Waals surface area contributed by atoms with Crippen LogP contribution in [0.3, 0.4) is 0 Å². The standard InChI is InChI=1S/C25H32O4/c1-2-3-4-5-6-10-18-28-24(26)22-16-11-17-23(20-22)25(27)29-19-12-15-21-13-8-7-9-14-21/h7-9,11,13-14,16-17,20H,2-6,10,12,15,18-19H2,1H3. The summed E-state index contributed by atoms with van der Waals surface area (Å²) >= 11 is 0. The van der Waals surface area contributed by atoms with Crippen molar-refractivity contribution in [3.8, 4) is 0 Å². The Bertz CT molecular complexity index is 739. The highest BCUT2D eigenvalue weighted by Crippen LogP contribution is 2.11. The van der Waals surface area contributed by atoms with Crippen LogP contribution in [0.5, 0.6) is 0 Å². The van der Waals surface area contributed by atoms with E-state index in [0.717, 1.165) is 25.7 Å². The van der Waals surface area contributed by atoms with Crippen molar-refractivity contribution in [1.82, 2.24) is 0 Å². The molecule has 0 saturated carbocycles. The molecule has 2 aromatic rings. The first-order valence-electron chi connectivity index (χ1n) is 10.7. The van der Waals surface area contributed by atoms with Gasteiger partial charge in [-0.3, -0.25) is 0 Å². The van der Waals surface area contributed by atoms with Crippen molar-refractivity contribution in [2.24, 2.45) is 0 Å². The summed E-state index contributed by atoms with van der Waals surface area (Å²) in [7, 11) is 0. The zero-order valence-corrected chi connectivity index (χ0v) is 17.4. The highest BCUT2D eigenvalue weighted by Gasteiger charge is 2.12. The molecule has 4 heteroatoms. The molecule has 0 amide bonds. The summed E-state index contributed by atoms with van der Waals surface area (Å²) in [6.07, 6.45) is 8.46. The Morgan fingerprint density at radius 1 is 0.690 bits per heavy atom. The highest BCUT2D eigenvalue weighted by atomic mass is 16.5. The molecule has 0 aliphatic rings. The molecule has 0 bridgehead atoms. The summed E-state index contributed by atoms with van der Waals surface area (Å²) in [5.74, 6) is -0.805. The first kappa shape index (κ1) is 22.7. The molecule has 2 rings (SSSR count). The van der Waals surface area contributed by atoms with E-state index < -0.39 is 11.9 Å². The minimum absolute atomic E-state index is 0.348. The van der Waals surface area contributed by atoms with E-state index in [2.05, 4.69) is 19.1 Å². The molecule has 4 nitrogen and oxygen atoms in total. The normalized spacial score (nSPS) is 10.5. The van der Waals surface area contributed by atoms with Gasteiger partial charge in [0.05, 0.1) is 24.3 Å². The molecule has 156 valence electrons. The van der Waals surface area contributed by atoms with Crippen LogP contribution in [0.4, 0.5) is 0 Å². The molecular formula is C25H32O4. The summed E-state index contributed by atoms with van der Waals surface area (Å²) in [5, 5.41) is 0. The molecule has 0 aliphatic carbocycles. The lowest BCUT2D eigenvalue weighted by Crippen LogP contribution is -2.10. The smallest absolute Gasteiger partial charge is 0.338 e. The monoisotopic (exact) mass is 396 g/mol. The van der Waals surface area contributed by atoms with Crippen LogP contribution in [0.1, 0.15) is 78.1 Å². The van der Waals surface area contributed by atoms with Crippen molar-refractivity contribution in [2.45, 2.75) is 58.3 Å². The van der Waals surface area contributed by atoms with E-state index in [-0.39, 0.29) is 0 Å². The summed E-state index contributed by atoms with van der Waals surface area (Å²) in [6.45, 7) is 2.95. The summed E-state index contributed by atoms with van der Waals surface area (Å²) < 4.78 is 10.7. The van der Waals surface area contributed by atoms with Crippen LogP contribution < -0.4 is 0 Å². The van der Waals surface area contributed by atoms with Gasteiger partial charge in [0, 0.05) is 0 Å². The number of ether oxygens (including phenoxy) is 2. The van der Waals surface area contributed by atoms with Crippen molar-refractivity contribution in [1.29, 1.82) is 0 Å². The van der Waals surface area contributed by atoms with E-state index >= 15 is 0 Å². The van der Waals surface area contributed by atoms with Crippen LogP contribution in [0.25, 0.3) is 0 Å². The zero-order valence-electron chi connectivity index (χ0n) is 17.4. The Morgan fingerprint density at radius 3 is 1.93 bits per heavy atom. The molecule has 0 unspecified atom stereocenters. The lowest BCUT2D eigenvalue weighted by atomic mass is 10.1. The minimum atomic E-state index is -0.413. The predicted octanol–water partition coefficient (Wildman–Crippen LogP) is 5.99. The van der Waals surface area contributed by atoms with Crippen LogP contribution in [0, 0.1) is 0 Å². The number of hydrogen-bond donors (Lipinski definition) is 0. The van der Waals surface area contributed by atoms with Gasteiger partial charge in [0.15, 0.2) is 0 Å². The van der Waals surface area contributed by atoms with Crippen LogP contribution in [0.2, 0.25) is 0 Å². The summed E-state index contributed by atoms with van der Waals surface area (Å²) in [4.78, 5) is 24.4. The summed E-state index contributed by atoms with van der Waals surface area (Å²) in [6, 6.07) is 16.6. The fourth-order valence-corrected chi connectivity index (χ4v) is 3.07. The number of unbranched alkanes of at least 4 members (excludes halogenated alkanes) is 5. The number of carbonyl (C=O) groups excluding carboxylic acids is 2. The highest BCUT2D eigenvalue weighted by molar-refractivity contribution is 5.95. The Morgan fingerprint density at radius 2 is 1.28 bits per heavy atom. The maximum atomic E-state index is 12.2. The largest absolute Gasteiger partial charge is 0.462 e. The third-order valence-corrected chi connectivity index (χ3v) is 4.75. The molecule has 0 fully saturated rings. The number of esters is 2. The van der Waals surface area contributed by atoms with Crippen LogP contribution in [-0.4, -0.2) is 25.2 Å². The Balaban J connectivity index is 1.70. The average Bonchev–Trinajstić information content (AvgIpc) is 2.76. The number of rotatable bonds is 13. The average molecular weight is 397 g/mol. The first-order valence-corrected chi connectivity index (χ1v) is 10.7. The molecule has 0 heterocycles. The molecule has 29 heavy (non-hydrogen) atoms. The number of hydrogen-bond acceptors (Lipinski definition) is 4. The third kappa shape index (κ3) is 8.95. The lowest BCUT2D eigenvalue weighted by molar-refractivity contribution is 0.0497. The van der Waals surface area contributed by atoms with Gasteiger partial charge in [-0.1, -0.05) is 75.4 Å². The number of benzene rings is 2. The van der Waals surface area contributed by atoms with Crippen molar-refractivity contribution in [3.05, 3.63) is 71.3 Å². The van der Waals surface area contributed by atoms with E-state index in [9.17, 15) is 9.59 Å². The number of aryl methyl sites for hydroxylation is 1. The molecule has 0 atom stereocenters. The van der Waals surface area contributed by atoms with Gasteiger partial charge in [0.25, 0.3) is 0 Å². The SMILES string of the molecule is CCCCCCCCOC(=O)c1cccc(C(=O)OCCCc2ccccc2)c1. The van der Waals surface area contributed by atoms with Gasteiger partial charge in [-0.15, -0.1) is 0 Å². The topological polar surface area (TPSA) is 52.6 Å². The van der Waals surface area contributed by atoms with Gasteiger partial charge < -0.3 is 9.47 Å². The molecule has 0 spiro atoms. The van der Waals surface area contributed by atoms with Gasteiger partial charge in [-0.2, -0.15) is 0 Å². The molecule has 0 N–H and O–H groups in total. The molecule has 0 aromatic heterocycles. The third-order valence-electron chi connectivity index (χ3n) is 4.75. The zero-order chi connectivity index (χ0) is 20.7. The Kier molecular flexibility index (Phi) is 10.6. The molecule has 2 aromatic carbocycles. The molecule has 0 radical (unpaired) electrons. The van der Waals surface area contributed by atoms with Crippen molar-refractivity contribution < 1.29 is 19.1 Å².